The highest BCUT2D eigenvalue weighted by Gasteiger charge is 2.27. The van der Waals surface area contributed by atoms with Crippen LogP contribution >= 0.6 is 0 Å². The molecule has 76 valence electrons. The van der Waals surface area contributed by atoms with Gasteiger partial charge in [-0.05, 0) is 31.0 Å². The van der Waals surface area contributed by atoms with Gasteiger partial charge < -0.3 is 5.11 Å². The first kappa shape index (κ1) is 10.9. The summed E-state index contributed by atoms with van der Waals surface area (Å²) in [4.78, 5) is 15.5. The molecule has 1 aromatic rings. The third-order valence-electron chi connectivity index (χ3n) is 2.40. The lowest BCUT2D eigenvalue weighted by atomic mass is 9.93. The zero-order valence-electron chi connectivity index (χ0n) is 8.53. The Labute approximate surface area is 83.8 Å². The standard InChI is InChI=1S/C11H15NO2/c1-3-11(2,14)10(13)8-9-4-6-12-7-5-9/h4-7,14H,3,8H2,1-2H3. The normalized spacial score (nSPS) is 14.8. The number of carbonyl (C=O) groups is 1. The molecule has 1 unspecified atom stereocenters. The second-order valence-corrected chi connectivity index (χ2v) is 3.58. The first-order valence-corrected chi connectivity index (χ1v) is 4.71. The number of Topliss-reactive ketones (excluding diaryl/α,β-unsaturated/α-hetero) is 1. The molecule has 0 bridgehead atoms. The fourth-order valence-electron chi connectivity index (χ4n) is 1.07. The highest BCUT2D eigenvalue weighted by molar-refractivity contribution is 5.88. The number of ketones is 1. The second-order valence-electron chi connectivity index (χ2n) is 3.58. The summed E-state index contributed by atoms with van der Waals surface area (Å²) in [6.07, 6.45) is 3.99. The number of nitrogens with zero attached hydrogens (tertiary/aromatic N) is 1. The van der Waals surface area contributed by atoms with Gasteiger partial charge in [0, 0.05) is 18.8 Å². The predicted molar refractivity (Wildman–Crippen MR) is 53.9 cm³/mol. The summed E-state index contributed by atoms with van der Waals surface area (Å²) >= 11 is 0. The van der Waals surface area contributed by atoms with Crippen molar-refractivity contribution in [1.82, 2.24) is 4.98 Å². The molecule has 0 amide bonds. The molecular weight excluding hydrogens is 178 g/mol. The SMILES string of the molecule is CCC(C)(O)C(=O)Cc1ccncc1. The summed E-state index contributed by atoms with van der Waals surface area (Å²) in [5.74, 6) is -0.147. The van der Waals surface area contributed by atoms with Gasteiger partial charge in [-0.3, -0.25) is 9.78 Å². The number of rotatable bonds is 4. The van der Waals surface area contributed by atoms with E-state index in [0.717, 1.165) is 5.56 Å². The van der Waals surface area contributed by atoms with Gasteiger partial charge in [0.1, 0.15) is 5.60 Å². The molecule has 1 rings (SSSR count). The van der Waals surface area contributed by atoms with Gasteiger partial charge in [-0.15, -0.1) is 0 Å². The van der Waals surface area contributed by atoms with Gasteiger partial charge in [0.25, 0.3) is 0 Å². The minimum absolute atomic E-state index is 0.147. The van der Waals surface area contributed by atoms with Crippen LogP contribution in [-0.2, 0) is 11.2 Å². The van der Waals surface area contributed by atoms with Gasteiger partial charge in [0.2, 0.25) is 0 Å². The number of hydrogen-bond acceptors (Lipinski definition) is 3. The lowest BCUT2D eigenvalue weighted by Gasteiger charge is -2.19. The summed E-state index contributed by atoms with van der Waals surface area (Å²) in [6.45, 7) is 3.35. The third-order valence-corrected chi connectivity index (χ3v) is 2.40. The lowest BCUT2D eigenvalue weighted by Crippen LogP contribution is -2.35. The first-order valence-electron chi connectivity index (χ1n) is 4.71. The Morgan fingerprint density at radius 3 is 2.57 bits per heavy atom. The maximum atomic E-state index is 11.6. The molecule has 0 aliphatic heterocycles. The largest absolute Gasteiger partial charge is 0.382 e. The summed E-state index contributed by atoms with van der Waals surface area (Å²) in [7, 11) is 0. The molecule has 1 atom stereocenters. The van der Waals surface area contributed by atoms with Crippen molar-refractivity contribution in [2.24, 2.45) is 0 Å². The van der Waals surface area contributed by atoms with Gasteiger partial charge >= 0.3 is 0 Å². The molecule has 1 heterocycles. The number of aliphatic hydroxyl groups is 1. The van der Waals surface area contributed by atoms with Crippen molar-refractivity contribution in [2.45, 2.75) is 32.3 Å². The lowest BCUT2D eigenvalue weighted by molar-refractivity contribution is -0.135. The highest BCUT2D eigenvalue weighted by Crippen LogP contribution is 2.13. The molecule has 14 heavy (non-hydrogen) atoms. The average molecular weight is 193 g/mol. The predicted octanol–water partition coefficient (Wildman–Crippen LogP) is 1.35. The van der Waals surface area contributed by atoms with Gasteiger partial charge in [-0.1, -0.05) is 6.92 Å². The Hall–Kier alpha value is -1.22. The maximum absolute atomic E-state index is 11.6. The fraction of sp³-hybridized carbons (Fsp3) is 0.455. The van der Waals surface area contributed by atoms with Crippen LogP contribution in [0.4, 0.5) is 0 Å². The Balaban J connectivity index is 2.67. The van der Waals surface area contributed by atoms with E-state index in [1.165, 1.54) is 0 Å². The molecule has 1 N–H and O–H groups in total. The van der Waals surface area contributed by atoms with Gasteiger partial charge in [-0.2, -0.15) is 0 Å². The Bertz CT molecular complexity index is 306. The van der Waals surface area contributed by atoms with Gasteiger partial charge in [-0.25, -0.2) is 0 Å². The van der Waals surface area contributed by atoms with Crippen molar-refractivity contribution >= 4 is 5.78 Å². The van der Waals surface area contributed by atoms with E-state index in [9.17, 15) is 9.90 Å². The number of carbonyl (C=O) groups excluding carboxylic acids is 1. The van der Waals surface area contributed by atoms with E-state index in [2.05, 4.69) is 4.98 Å². The van der Waals surface area contributed by atoms with E-state index in [1.54, 1.807) is 38.4 Å². The van der Waals surface area contributed by atoms with Crippen LogP contribution in [-0.4, -0.2) is 21.5 Å². The Morgan fingerprint density at radius 2 is 2.07 bits per heavy atom. The minimum atomic E-state index is -1.21. The molecule has 3 heteroatoms. The van der Waals surface area contributed by atoms with Crippen molar-refractivity contribution in [3.8, 4) is 0 Å². The zero-order chi connectivity index (χ0) is 10.6. The summed E-state index contributed by atoms with van der Waals surface area (Å²) in [6, 6.07) is 3.56. The van der Waals surface area contributed by atoms with Crippen molar-refractivity contribution < 1.29 is 9.90 Å². The molecule has 0 aliphatic rings. The number of aromatic nitrogens is 1. The molecule has 0 radical (unpaired) electrons. The molecule has 0 aromatic carbocycles. The van der Waals surface area contributed by atoms with Crippen molar-refractivity contribution in [3.05, 3.63) is 30.1 Å². The molecule has 0 saturated heterocycles. The molecule has 0 fully saturated rings. The smallest absolute Gasteiger partial charge is 0.168 e. The van der Waals surface area contributed by atoms with Gasteiger partial charge in [0.15, 0.2) is 5.78 Å². The van der Waals surface area contributed by atoms with E-state index in [-0.39, 0.29) is 12.2 Å². The number of hydrogen-bond donors (Lipinski definition) is 1. The average Bonchev–Trinajstić information content (AvgIpc) is 2.19. The van der Waals surface area contributed by atoms with Crippen LogP contribution in [0.25, 0.3) is 0 Å². The van der Waals surface area contributed by atoms with E-state index in [4.69, 9.17) is 0 Å². The monoisotopic (exact) mass is 193 g/mol. The zero-order valence-corrected chi connectivity index (χ0v) is 8.53. The molecule has 1 aromatic heterocycles. The number of pyridine rings is 1. The van der Waals surface area contributed by atoms with E-state index < -0.39 is 5.60 Å². The molecule has 0 saturated carbocycles. The third kappa shape index (κ3) is 2.64. The molecule has 0 spiro atoms. The van der Waals surface area contributed by atoms with E-state index >= 15 is 0 Å². The van der Waals surface area contributed by atoms with Crippen molar-refractivity contribution in [3.63, 3.8) is 0 Å². The molecule has 0 aliphatic carbocycles. The van der Waals surface area contributed by atoms with Crippen LogP contribution in [0.5, 0.6) is 0 Å². The van der Waals surface area contributed by atoms with Crippen LogP contribution in [0.3, 0.4) is 0 Å². The van der Waals surface area contributed by atoms with E-state index in [0.29, 0.717) is 6.42 Å². The Kier molecular flexibility index (Phi) is 3.36. The Morgan fingerprint density at radius 1 is 1.50 bits per heavy atom. The topological polar surface area (TPSA) is 50.2 Å². The van der Waals surface area contributed by atoms with Crippen molar-refractivity contribution in [2.75, 3.05) is 0 Å². The van der Waals surface area contributed by atoms with Crippen LogP contribution in [0.2, 0.25) is 0 Å². The second kappa shape index (κ2) is 4.33. The summed E-state index contributed by atoms with van der Waals surface area (Å²) in [5.41, 5.74) is -0.317. The summed E-state index contributed by atoms with van der Waals surface area (Å²) < 4.78 is 0. The fourth-order valence-corrected chi connectivity index (χ4v) is 1.07. The minimum Gasteiger partial charge on any atom is -0.382 e. The van der Waals surface area contributed by atoms with Crippen LogP contribution in [0.1, 0.15) is 25.8 Å². The van der Waals surface area contributed by atoms with Crippen LogP contribution in [0, 0.1) is 0 Å². The van der Waals surface area contributed by atoms with Crippen LogP contribution in [0.15, 0.2) is 24.5 Å². The van der Waals surface area contributed by atoms with Crippen molar-refractivity contribution in [1.29, 1.82) is 0 Å². The molecule has 3 nitrogen and oxygen atoms in total. The van der Waals surface area contributed by atoms with E-state index in [1.807, 2.05) is 0 Å². The summed E-state index contributed by atoms with van der Waals surface area (Å²) in [5, 5.41) is 9.69. The first-order chi connectivity index (χ1) is 6.56. The quantitative estimate of drug-likeness (QED) is 0.785. The molecular formula is C11H15NO2. The van der Waals surface area contributed by atoms with Crippen LogP contribution < -0.4 is 0 Å². The van der Waals surface area contributed by atoms with Gasteiger partial charge in [0.05, 0.1) is 0 Å². The maximum Gasteiger partial charge on any atom is 0.168 e. The highest BCUT2D eigenvalue weighted by atomic mass is 16.3.